The summed E-state index contributed by atoms with van der Waals surface area (Å²) in [4.78, 5) is 40.9. The highest BCUT2D eigenvalue weighted by Gasteiger charge is 2.26. The standard InChI is InChI=1S/C31H27N3O7S2/c1-4-38-31(37)27-22(12-19-10-11-23-24(13-19)41-16-40-23)18(3)42-28(27)32-26(35)15-39-30(36)25-14-21-17(2)33-34(29(21)43-25)20-8-6-5-7-9-20/h5-11,13-14H,4,12,15-16H2,1-3H3,(H,32,35). The summed E-state index contributed by atoms with van der Waals surface area (Å²) in [5.74, 6) is -0.412. The molecule has 5 aromatic rings. The van der Waals surface area contributed by atoms with E-state index in [9.17, 15) is 14.4 Å². The van der Waals surface area contributed by atoms with Gasteiger partial charge in [0, 0.05) is 10.3 Å². The molecule has 43 heavy (non-hydrogen) atoms. The molecule has 0 unspecified atom stereocenters. The Kier molecular flexibility index (Phi) is 7.87. The molecule has 1 aliphatic heterocycles. The van der Waals surface area contributed by atoms with E-state index in [1.807, 2.05) is 62.4 Å². The van der Waals surface area contributed by atoms with Gasteiger partial charge in [-0.1, -0.05) is 24.3 Å². The first kappa shape index (κ1) is 28.4. The Morgan fingerprint density at radius 2 is 1.77 bits per heavy atom. The molecule has 0 spiro atoms. The van der Waals surface area contributed by atoms with Crippen molar-refractivity contribution in [1.29, 1.82) is 0 Å². The summed E-state index contributed by atoms with van der Waals surface area (Å²) < 4.78 is 23.4. The molecule has 1 N–H and O–H groups in total. The second-order valence-electron chi connectivity index (χ2n) is 9.71. The molecule has 2 aromatic carbocycles. The molecule has 6 rings (SSSR count). The first-order chi connectivity index (χ1) is 20.8. The molecule has 10 nitrogen and oxygen atoms in total. The molecule has 1 amide bonds. The Morgan fingerprint density at radius 3 is 2.56 bits per heavy atom. The lowest BCUT2D eigenvalue weighted by Gasteiger charge is -2.10. The normalized spacial score (nSPS) is 12.0. The van der Waals surface area contributed by atoms with E-state index in [0.29, 0.717) is 27.8 Å². The molecule has 0 saturated carbocycles. The van der Waals surface area contributed by atoms with E-state index < -0.39 is 24.5 Å². The molecule has 0 fully saturated rings. The lowest BCUT2D eigenvalue weighted by atomic mass is 10.0. The fourth-order valence-corrected chi connectivity index (χ4v) is 6.96. The number of amides is 1. The number of aromatic nitrogens is 2. The van der Waals surface area contributed by atoms with Crippen LogP contribution in [0.25, 0.3) is 15.9 Å². The highest BCUT2D eigenvalue weighted by Crippen LogP contribution is 2.38. The number of para-hydroxylation sites is 1. The van der Waals surface area contributed by atoms with Crippen molar-refractivity contribution in [2.24, 2.45) is 0 Å². The van der Waals surface area contributed by atoms with Crippen LogP contribution in [0.5, 0.6) is 11.5 Å². The third-order valence-corrected chi connectivity index (χ3v) is 8.99. The Bertz CT molecular complexity index is 1860. The number of ether oxygens (including phenoxy) is 4. The van der Waals surface area contributed by atoms with E-state index in [2.05, 4.69) is 10.4 Å². The molecule has 4 heterocycles. The summed E-state index contributed by atoms with van der Waals surface area (Å²) >= 11 is 2.51. The van der Waals surface area contributed by atoms with E-state index in [4.69, 9.17) is 18.9 Å². The number of carbonyl (C=O) groups is 3. The zero-order valence-electron chi connectivity index (χ0n) is 23.6. The average molecular weight is 618 g/mol. The molecule has 3 aromatic heterocycles. The van der Waals surface area contributed by atoms with Gasteiger partial charge in [-0.05, 0) is 68.7 Å². The molecule has 12 heteroatoms. The van der Waals surface area contributed by atoms with Crippen molar-refractivity contribution in [3.05, 3.63) is 86.7 Å². The number of carbonyl (C=O) groups excluding carboxylic acids is 3. The first-order valence-corrected chi connectivity index (χ1v) is 15.1. The van der Waals surface area contributed by atoms with Gasteiger partial charge < -0.3 is 24.3 Å². The monoisotopic (exact) mass is 617 g/mol. The highest BCUT2D eigenvalue weighted by atomic mass is 32.1. The smallest absolute Gasteiger partial charge is 0.348 e. The van der Waals surface area contributed by atoms with E-state index in [1.54, 1.807) is 17.7 Å². The Morgan fingerprint density at radius 1 is 0.977 bits per heavy atom. The van der Waals surface area contributed by atoms with E-state index >= 15 is 0 Å². The molecule has 1 aliphatic rings. The quantitative estimate of drug-likeness (QED) is 0.199. The molecular formula is C31H27N3O7S2. The third-order valence-electron chi connectivity index (χ3n) is 6.84. The lowest BCUT2D eigenvalue weighted by molar-refractivity contribution is -0.119. The van der Waals surface area contributed by atoms with Crippen molar-refractivity contribution in [2.45, 2.75) is 27.2 Å². The maximum absolute atomic E-state index is 13.0. The SMILES string of the molecule is CCOC(=O)c1c(NC(=O)COC(=O)c2cc3c(C)nn(-c4ccccc4)c3s2)sc(C)c1Cc1ccc2c(c1)OCO2. The fraction of sp³-hybridized carbons (Fsp3) is 0.226. The number of nitrogens with one attached hydrogen (secondary N) is 1. The van der Waals surface area contributed by atoms with Crippen LogP contribution in [-0.2, 0) is 20.7 Å². The van der Waals surface area contributed by atoms with Crippen LogP contribution in [0.2, 0.25) is 0 Å². The van der Waals surface area contributed by atoms with Crippen molar-refractivity contribution in [3.8, 4) is 17.2 Å². The zero-order valence-corrected chi connectivity index (χ0v) is 25.2. The summed E-state index contributed by atoms with van der Waals surface area (Å²) in [6, 6.07) is 17.0. The van der Waals surface area contributed by atoms with Gasteiger partial charge in [-0.2, -0.15) is 5.10 Å². The van der Waals surface area contributed by atoms with Gasteiger partial charge in [0.1, 0.15) is 14.7 Å². The van der Waals surface area contributed by atoms with Crippen molar-refractivity contribution in [3.63, 3.8) is 0 Å². The van der Waals surface area contributed by atoms with Gasteiger partial charge in [-0.15, -0.1) is 22.7 Å². The van der Waals surface area contributed by atoms with Gasteiger partial charge in [0.25, 0.3) is 5.91 Å². The van der Waals surface area contributed by atoms with Crippen molar-refractivity contribution < 1.29 is 33.3 Å². The highest BCUT2D eigenvalue weighted by molar-refractivity contribution is 7.20. The number of benzene rings is 2. The second kappa shape index (κ2) is 11.9. The topological polar surface area (TPSA) is 118 Å². The van der Waals surface area contributed by atoms with Crippen LogP contribution < -0.4 is 14.8 Å². The van der Waals surface area contributed by atoms with Crippen molar-refractivity contribution in [2.75, 3.05) is 25.3 Å². The molecule has 0 aliphatic carbocycles. The van der Waals surface area contributed by atoms with Crippen LogP contribution in [0.15, 0.2) is 54.6 Å². The summed E-state index contributed by atoms with van der Waals surface area (Å²) in [6.45, 7) is 5.30. The predicted molar refractivity (Wildman–Crippen MR) is 163 cm³/mol. The van der Waals surface area contributed by atoms with Gasteiger partial charge in [-0.3, -0.25) is 4.79 Å². The zero-order chi connectivity index (χ0) is 30.1. The van der Waals surface area contributed by atoms with Crippen LogP contribution in [-0.4, -0.2) is 47.6 Å². The summed E-state index contributed by atoms with van der Waals surface area (Å²) in [6.07, 6.45) is 0.420. The van der Waals surface area contributed by atoms with Crippen LogP contribution in [0.4, 0.5) is 5.00 Å². The van der Waals surface area contributed by atoms with E-state index in [-0.39, 0.29) is 19.0 Å². The number of esters is 2. The lowest BCUT2D eigenvalue weighted by Crippen LogP contribution is -2.21. The minimum Gasteiger partial charge on any atom is -0.462 e. The minimum atomic E-state index is -0.619. The maximum Gasteiger partial charge on any atom is 0.348 e. The molecule has 220 valence electrons. The second-order valence-corrected chi connectivity index (χ2v) is 12.0. The molecule has 0 atom stereocenters. The van der Waals surface area contributed by atoms with Crippen LogP contribution in [0.1, 0.15) is 48.7 Å². The molecule has 0 radical (unpaired) electrons. The summed E-state index contributed by atoms with van der Waals surface area (Å²) in [5.41, 5.74) is 3.60. The third kappa shape index (κ3) is 5.71. The number of hydrogen-bond acceptors (Lipinski definition) is 10. The minimum absolute atomic E-state index is 0.167. The van der Waals surface area contributed by atoms with Gasteiger partial charge >= 0.3 is 11.9 Å². The Labute approximate surface area is 254 Å². The number of hydrogen-bond donors (Lipinski definition) is 1. The summed E-state index contributed by atoms with van der Waals surface area (Å²) in [5, 5.41) is 8.52. The number of nitrogens with zero attached hydrogens (tertiary/aromatic N) is 2. The van der Waals surface area contributed by atoms with Gasteiger partial charge in [-0.25, -0.2) is 14.3 Å². The molecule has 0 saturated heterocycles. The average Bonchev–Trinajstić information content (AvgIpc) is 3.77. The molecule has 0 bridgehead atoms. The van der Waals surface area contributed by atoms with E-state index in [1.165, 1.54) is 22.7 Å². The Hall–Kier alpha value is -4.68. The number of rotatable bonds is 9. The number of anilines is 1. The van der Waals surface area contributed by atoms with Crippen molar-refractivity contribution >= 4 is 55.7 Å². The molecular weight excluding hydrogens is 590 g/mol. The predicted octanol–water partition coefficient (Wildman–Crippen LogP) is 6.06. The van der Waals surface area contributed by atoms with Crippen LogP contribution in [0, 0.1) is 13.8 Å². The first-order valence-electron chi connectivity index (χ1n) is 13.5. The largest absolute Gasteiger partial charge is 0.462 e. The number of aryl methyl sites for hydroxylation is 2. The fourth-order valence-electron chi connectivity index (χ4n) is 4.81. The van der Waals surface area contributed by atoms with Crippen molar-refractivity contribution in [1.82, 2.24) is 9.78 Å². The van der Waals surface area contributed by atoms with Gasteiger partial charge in [0.2, 0.25) is 6.79 Å². The summed E-state index contributed by atoms with van der Waals surface area (Å²) in [7, 11) is 0. The number of thiophene rings is 2. The van der Waals surface area contributed by atoms with Crippen LogP contribution in [0.3, 0.4) is 0 Å². The maximum atomic E-state index is 13.0. The van der Waals surface area contributed by atoms with Crippen LogP contribution >= 0.6 is 22.7 Å². The van der Waals surface area contributed by atoms with E-state index in [0.717, 1.165) is 37.6 Å². The number of fused-ring (bicyclic) bond motifs is 2. The van der Waals surface area contributed by atoms with Gasteiger partial charge in [0.15, 0.2) is 18.1 Å². The van der Waals surface area contributed by atoms with Gasteiger partial charge in [0.05, 0.1) is 23.6 Å². The Balaban J connectivity index is 1.17.